The van der Waals surface area contributed by atoms with Crippen LogP contribution in [0.15, 0.2) is 67.0 Å². The minimum atomic E-state index is -0.383. The summed E-state index contributed by atoms with van der Waals surface area (Å²) in [6.45, 7) is 6.09. The van der Waals surface area contributed by atoms with E-state index < -0.39 is 0 Å². The Bertz CT molecular complexity index is 1370. The molecule has 4 aromatic rings. The number of allylic oxidation sites excluding steroid dienone is 2. The molecule has 6 nitrogen and oxygen atoms in total. The van der Waals surface area contributed by atoms with E-state index in [0.717, 1.165) is 44.0 Å². The Labute approximate surface area is 214 Å². The maximum Gasteiger partial charge on any atom is 0.146 e. The third kappa shape index (κ3) is 5.22. The predicted octanol–water partition coefficient (Wildman–Crippen LogP) is 6.45. The molecular formula is C27H27ClN4O2S. The molecule has 1 unspecified atom stereocenters. The van der Waals surface area contributed by atoms with Crippen LogP contribution in [-0.4, -0.2) is 41.1 Å². The lowest BCUT2D eigenvalue weighted by atomic mass is 10.0. The molecule has 0 amide bonds. The Hall–Kier alpha value is -3.26. The van der Waals surface area contributed by atoms with Gasteiger partial charge < -0.3 is 14.4 Å². The molecule has 0 aliphatic carbocycles. The summed E-state index contributed by atoms with van der Waals surface area (Å²) in [5, 5.41) is 4.25. The number of methoxy groups -OCH3 is 1. The van der Waals surface area contributed by atoms with E-state index in [-0.39, 0.29) is 12.7 Å². The van der Waals surface area contributed by atoms with Crippen molar-refractivity contribution in [3.8, 4) is 5.75 Å². The minimum Gasteiger partial charge on any atom is -0.487 e. The zero-order chi connectivity index (χ0) is 24.9. The molecule has 0 bridgehead atoms. The lowest BCUT2D eigenvalue weighted by Crippen LogP contribution is -2.11. The van der Waals surface area contributed by atoms with E-state index in [0.29, 0.717) is 10.8 Å². The number of aryl methyl sites for hydroxylation is 1. The van der Waals surface area contributed by atoms with Gasteiger partial charge in [0.05, 0.1) is 5.02 Å². The molecule has 0 saturated carbocycles. The van der Waals surface area contributed by atoms with Crippen LogP contribution < -0.4 is 4.74 Å². The van der Waals surface area contributed by atoms with Gasteiger partial charge in [0.1, 0.15) is 29.0 Å². The minimum absolute atomic E-state index is 0.231. The Kier molecular flexibility index (Phi) is 7.80. The van der Waals surface area contributed by atoms with Gasteiger partial charge in [-0.1, -0.05) is 36.4 Å². The van der Waals surface area contributed by atoms with Gasteiger partial charge in [0, 0.05) is 78.6 Å². The highest BCUT2D eigenvalue weighted by Crippen LogP contribution is 2.35. The van der Waals surface area contributed by atoms with Crippen LogP contribution in [0.5, 0.6) is 5.75 Å². The molecule has 3 aromatic heterocycles. The average Bonchev–Trinajstić information content (AvgIpc) is 3.36. The van der Waals surface area contributed by atoms with Gasteiger partial charge in [0.2, 0.25) is 0 Å². The van der Waals surface area contributed by atoms with E-state index in [1.165, 1.54) is 11.3 Å². The van der Waals surface area contributed by atoms with Crippen molar-refractivity contribution in [1.29, 1.82) is 0 Å². The lowest BCUT2D eigenvalue weighted by molar-refractivity contribution is 0.133. The fraction of sp³-hybridized carbons (Fsp3) is 0.222. The van der Waals surface area contributed by atoms with E-state index in [2.05, 4.69) is 33.6 Å². The van der Waals surface area contributed by atoms with Gasteiger partial charge in [-0.15, -0.1) is 11.3 Å². The van der Waals surface area contributed by atoms with Gasteiger partial charge in [0.25, 0.3) is 0 Å². The molecule has 4 rings (SSSR count). The molecule has 0 aliphatic rings. The first-order valence-electron chi connectivity index (χ1n) is 11.0. The predicted molar refractivity (Wildman–Crippen MR) is 143 cm³/mol. The SMILES string of the molecule is C=C/C=C(/c1cc(C)nc2c(OCc3c(Cl)cncc3C(OC)c3nccs3)cccc12)N(C)C. The molecule has 0 saturated heterocycles. The molecule has 0 fully saturated rings. The number of rotatable bonds is 9. The average molecular weight is 507 g/mol. The molecule has 1 atom stereocenters. The zero-order valence-corrected chi connectivity index (χ0v) is 21.7. The number of hydrogen-bond acceptors (Lipinski definition) is 7. The number of benzene rings is 1. The lowest BCUT2D eigenvalue weighted by Gasteiger charge is -2.21. The van der Waals surface area contributed by atoms with Gasteiger partial charge in [-0.05, 0) is 25.1 Å². The second-order valence-corrected chi connectivity index (χ2v) is 9.44. The molecule has 3 heterocycles. The number of thiazole rings is 1. The van der Waals surface area contributed by atoms with E-state index >= 15 is 0 Å². The fourth-order valence-corrected chi connectivity index (χ4v) is 4.95. The Morgan fingerprint density at radius 1 is 1.29 bits per heavy atom. The van der Waals surface area contributed by atoms with Crippen molar-refractivity contribution in [2.75, 3.05) is 21.2 Å². The number of nitrogens with zero attached hydrogens (tertiary/aromatic N) is 4. The second kappa shape index (κ2) is 11.0. The summed E-state index contributed by atoms with van der Waals surface area (Å²) >= 11 is 8.10. The largest absolute Gasteiger partial charge is 0.487 e. The first-order valence-corrected chi connectivity index (χ1v) is 12.3. The molecule has 8 heteroatoms. The molecule has 0 N–H and O–H groups in total. The molecular weight excluding hydrogens is 480 g/mol. The van der Waals surface area contributed by atoms with Crippen molar-refractivity contribution in [3.63, 3.8) is 0 Å². The van der Waals surface area contributed by atoms with E-state index in [1.807, 2.05) is 44.6 Å². The number of pyridine rings is 2. The Morgan fingerprint density at radius 2 is 2.11 bits per heavy atom. The number of ether oxygens (including phenoxy) is 2. The first kappa shape index (κ1) is 24.9. The second-order valence-electron chi connectivity index (χ2n) is 8.11. The Balaban J connectivity index is 1.75. The van der Waals surface area contributed by atoms with Gasteiger partial charge in [-0.3, -0.25) is 4.98 Å². The summed E-state index contributed by atoms with van der Waals surface area (Å²) in [5.74, 6) is 0.672. The highest BCUT2D eigenvalue weighted by molar-refractivity contribution is 7.09. The van der Waals surface area contributed by atoms with Gasteiger partial charge >= 0.3 is 0 Å². The van der Waals surface area contributed by atoms with Crippen LogP contribution in [-0.2, 0) is 11.3 Å². The van der Waals surface area contributed by atoms with E-state index in [1.54, 1.807) is 31.8 Å². The molecule has 0 aliphatic heterocycles. The van der Waals surface area contributed by atoms with Crippen LogP contribution in [0.3, 0.4) is 0 Å². The van der Waals surface area contributed by atoms with Crippen LogP contribution in [0.2, 0.25) is 5.02 Å². The summed E-state index contributed by atoms with van der Waals surface area (Å²) in [4.78, 5) is 15.6. The van der Waals surface area contributed by atoms with Crippen LogP contribution >= 0.6 is 22.9 Å². The summed E-state index contributed by atoms with van der Waals surface area (Å²) in [7, 11) is 5.67. The number of halogens is 1. The van der Waals surface area contributed by atoms with Crippen molar-refractivity contribution in [3.05, 3.63) is 99.4 Å². The fourth-order valence-electron chi connectivity index (χ4n) is 4.00. The standard InChI is InChI=1S/C27H27ClN4O2S/c1-6-8-23(32(3)4)19-13-17(2)31-25-18(19)9-7-10-24(25)34-16-21-20(14-29-15-22(21)28)26(33-5)27-30-11-12-35-27/h6-15,26H,1,16H2,2-5H3/b23-8-. The monoisotopic (exact) mass is 506 g/mol. The highest BCUT2D eigenvalue weighted by Gasteiger charge is 2.22. The third-order valence-electron chi connectivity index (χ3n) is 5.57. The zero-order valence-electron chi connectivity index (χ0n) is 20.2. The van der Waals surface area contributed by atoms with Crippen LogP contribution in [0.1, 0.15) is 33.5 Å². The van der Waals surface area contributed by atoms with Gasteiger partial charge in [-0.25, -0.2) is 9.97 Å². The number of fused-ring (bicyclic) bond motifs is 1. The maximum absolute atomic E-state index is 6.58. The summed E-state index contributed by atoms with van der Waals surface area (Å²) in [5.41, 5.74) is 5.41. The summed E-state index contributed by atoms with van der Waals surface area (Å²) in [6.07, 6.45) is 8.53. The molecule has 0 spiro atoms. The van der Waals surface area contributed by atoms with E-state index in [4.69, 9.17) is 26.1 Å². The van der Waals surface area contributed by atoms with Crippen molar-refractivity contribution in [2.24, 2.45) is 0 Å². The van der Waals surface area contributed by atoms with Crippen LogP contribution in [0, 0.1) is 6.92 Å². The smallest absolute Gasteiger partial charge is 0.146 e. The molecule has 1 aromatic carbocycles. The van der Waals surface area contributed by atoms with Crippen LogP contribution in [0.4, 0.5) is 0 Å². The third-order valence-corrected chi connectivity index (χ3v) is 6.71. The van der Waals surface area contributed by atoms with Crippen molar-refractivity contribution in [2.45, 2.75) is 19.6 Å². The maximum atomic E-state index is 6.58. The number of para-hydroxylation sites is 1. The normalized spacial score (nSPS) is 12.5. The quantitative estimate of drug-likeness (QED) is 0.243. The number of hydrogen-bond donors (Lipinski definition) is 0. The highest BCUT2D eigenvalue weighted by atomic mass is 35.5. The topological polar surface area (TPSA) is 60.4 Å². The molecule has 180 valence electrons. The molecule has 0 radical (unpaired) electrons. The van der Waals surface area contributed by atoms with Gasteiger partial charge in [0.15, 0.2) is 0 Å². The van der Waals surface area contributed by atoms with Gasteiger partial charge in [-0.2, -0.15) is 0 Å². The summed E-state index contributed by atoms with van der Waals surface area (Å²) in [6, 6.07) is 8.03. The molecule has 35 heavy (non-hydrogen) atoms. The van der Waals surface area contributed by atoms with Crippen molar-refractivity contribution in [1.82, 2.24) is 19.9 Å². The van der Waals surface area contributed by atoms with Crippen LogP contribution in [0.25, 0.3) is 16.6 Å². The first-order chi connectivity index (χ1) is 16.9. The number of aromatic nitrogens is 3. The van der Waals surface area contributed by atoms with Crippen molar-refractivity contribution < 1.29 is 9.47 Å². The van der Waals surface area contributed by atoms with Crippen molar-refractivity contribution >= 4 is 39.5 Å². The summed E-state index contributed by atoms with van der Waals surface area (Å²) < 4.78 is 12.1. The van der Waals surface area contributed by atoms with E-state index in [9.17, 15) is 0 Å². The Morgan fingerprint density at radius 3 is 2.80 bits per heavy atom.